The summed E-state index contributed by atoms with van der Waals surface area (Å²) >= 11 is 0. The maximum Gasteiger partial charge on any atom is 0.191 e. The summed E-state index contributed by atoms with van der Waals surface area (Å²) in [6.07, 6.45) is 5.91. The lowest BCUT2D eigenvalue weighted by atomic mass is 9.88. The topological polar surface area (TPSA) is 58.1 Å². The van der Waals surface area contributed by atoms with E-state index in [2.05, 4.69) is 51.7 Å². The first-order valence-corrected chi connectivity index (χ1v) is 11.2. The highest BCUT2D eigenvalue weighted by atomic mass is 16.5. The van der Waals surface area contributed by atoms with E-state index in [-0.39, 0.29) is 11.6 Å². The fourth-order valence-corrected chi connectivity index (χ4v) is 4.38. The SMILES string of the molecule is CN=C(NCCCOC(C)c1ccccc1)NCC1(N2CCCC2)CCOCC1. The maximum absolute atomic E-state index is 5.96. The van der Waals surface area contributed by atoms with Gasteiger partial charge in [0.15, 0.2) is 5.96 Å². The second-order valence-corrected chi connectivity index (χ2v) is 8.16. The van der Waals surface area contributed by atoms with Crippen LogP contribution in [0.3, 0.4) is 0 Å². The molecule has 162 valence electrons. The summed E-state index contributed by atoms with van der Waals surface area (Å²) in [6.45, 7) is 8.76. The van der Waals surface area contributed by atoms with Gasteiger partial charge in [-0.3, -0.25) is 9.89 Å². The van der Waals surface area contributed by atoms with Gasteiger partial charge in [0.05, 0.1) is 6.10 Å². The third-order valence-corrected chi connectivity index (χ3v) is 6.26. The molecule has 2 N–H and O–H groups in total. The molecule has 3 rings (SSSR count). The molecule has 0 amide bonds. The highest BCUT2D eigenvalue weighted by molar-refractivity contribution is 5.79. The molecule has 6 nitrogen and oxygen atoms in total. The summed E-state index contributed by atoms with van der Waals surface area (Å²) in [6, 6.07) is 10.4. The van der Waals surface area contributed by atoms with Crippen LogP contribution in [0.1, 0.15) is 50.7 Å². The van der Waals surface area contributed by atoms with Crippen LogP contribution < -0.4 is 10.6 Å². The fourth-order valence-electron chi connectivity index (χ4n) is 4.38. The van der Waals surface area contributed by atoms with Crippen molar-refractivity contribution in [3.8, 4) is 0 Å². The average molecular weight is 403 g/mol. The number of ether oxygens (including phenoxy) is 2. The molecule has 1 aromatic rings. The lowest BCUT2D eigenvalue weighted by molar-refractivity contribution is -0.0164. The average Bonchev–Trinajstić information content (AvgIpc) is 3.32. The molecule has 0 radical (unpaired) electrons. The van der Waals surface area contributed by atoms with Crippen LogP contribution in [0.5, 0.6) is 0 Å². The molecule has 2 saturated heterocycles. The summed E-state index contributed by atoms with van der Waals surface area (Å²) in [5.41, 5.74) is 1.43. The molecular weight excluding hydrogens is 364 g/mol. The molecule has 2 aliphatic rings. The predicted octanol–water partition coefficient (Wildman–Crippen LogP) is 2.96. The van der Waals surface area contributed by atoms with Gasteiger partial charge in [0.25, 0.3) is 0 Å². The van der Waals surface area contributed by atoms with Crippen LogP contribution in [0.2, 0.25) is 0 Å². The smallest absolute Gasteiger partial charge is 0.191 e. The fraction of sp³-hybridized carbons (Fsp3) is 0.696. The number of aliphatic imine (C=N–C) groups is 1. The quantitative estimate of drug-likeness (QED) is 0.378. The standard InChI is InChI=1S/C23H38N4O2/c1-20(21-9-4-3-5-10-21)29-16-8-13-25-22(24-2)26-19-23(11-17-28-18-12-23)27-14-6-7-15-27/h3-5,9-10,20H,6-8,11-19H2,1-2H3,(H2,24,25,26). The second kappa shape index (κ2) is 11.5. The number of guanidine groups is 1. The van der Waals surface area contributed by atoms with Crippen molar-refractivity contribution in [3.05, 3.63) is 35.9 Å². The Morgan fingerprint density at radius 2 is 1.90 bits per heavy atom. The van der Waals surface area contributed by atoms with Gasteiger partial charge in [-0.25, -0.2) is 0 Å². The number of hydrogen-bond donors (Lipinski definition) is 2. The van der Waals surface area contributed by atoms with Crippen LogP contribution in [-0.2, 0) is 9.47 Å². The third kappa shape index (κ3) is 6.43. The molecule has 2 aliphatic heterocycles. The molecule has 29 heavy (non-hydrogen) atoms. The van der Waals surface area contributed by atoms with Crippen LogP contribution in [0.25, 0.3) is 0 Å². The van der Waals surface area contributed by atoms with Crippen molar-refractivity contribution in [1.29, 1.82) is 0 Å². The number of rotatable bonds is 9. The molecule has 1 aromatic carbocycles. The number of hydrogen-bond acceptors (Lipinski definition) is 4. The lowest BCUT2D eigenvalue weighted by Gasteiger charge is -2.45. The van der Waals surface area contributed by atoms with E-state index < -0.39 is 0 Å². The lowest BCUT2D eigenvalue weighted by Crippen LogP contribution is -2.58. The van der Waals surface area contributed by atoms with Crippen molar-refractivity contribution >= 4 is 5.96 Å². The Bertz CT molecular complexity index is 611. The van der Waals surface area contributed by atoms with Crippen molar-refractivity contribution in [2.45, 2.75) is 50.7 Å². The Balaban J connectivity index is 1.37. The number of nitrogens with zero attached hydrogens (tertiary/aromatic N) is 2. The van der Waals surface area contributed by atoms with Crippen molar-refractivity contribution < 1.29 is 9.47 Å². The molecule has 1 atom stereocenters. The van der Waals surface area contributed by atoms with Gasteiger partial charge in [-0.2, -0.15) is 0 Å². The zero-order chi connectivity index (χ0) is 20.4. The highest BCUT2D eigenvalue weighted by Crippen LogP contribution is 2.30. The van der Waals surface area contributed by atoms with Crippen LogP contribution in [0.4, 0.5) is 0 Å². The molecule has 2 fully saturated rings. The van der Waals surface area contributed by atoms with E-state index in [0.29, 0.717) is 0 Å². The Hall–Kier alpha value is -1.63. The van der Waals surface area contributed by atoms with Crippen molar-refractivity contribution in [3.63, 3.8) is 0 Å². The largest absolute Gasteiger partial charge is 0.381 e. The summed E-state index contributed by atoms with van der Waals surface area (Å²) in [5.74, 6) is 0.881. The van der Waals surface area contributed by atoms with Crippen molar-refractivity contribution in [2.75, 3.05) is 53.0 Å². The molecule has 1 unspecified atom stereocenters. The van der Waals surface area contributed by atoms with Crippen LogP contribution in [-0.4, -0.2) is 69.4 Å². The maximum atomic E-state index is 5.96. The van der Waals surface area contributed by atoms with E-state index in [4.69, 9.17) is 9.47 Å². The van der Waals surface area contributed by atoms with Gasteiger partial charge in [-0.05, 0) is 57.7 Å². The first-order chi connectivity index (χ1) is 14.2. The van der Waals surface area contributed by atoms with Gasteiger partial charge in [0.2, 0.25) is 0 Å². The molecule has 0 aliphatic carbocycles. The predicted molar refractivity (Wildman–Crippen MR) is 118 cm³/mol. The third-order valence-electron chi connectivity index (χ3n) is 6.26. The monoisotopic (exact) mass is 402 g/mol. The minimum absolute atomic E-state index is 0.127. The van der Waals surface area contributed by atoms with Crippen molar-refractivity contribution in [2.24, 2.45) is 4.99 Å². The summed E-state index contributed by atoms with van der Waals surface area (Å²) < 4.78 is 11.6. The zero-order valence-corrected chi connectivity index (χ0v) is 18.2. The Labute approximate surface area is 176 Å². The van der Waals surface area contributed by atoms with Crippen LogP contribution in [0, 0.1) is 0 Å². The normalized spacial score (nSPS) is 21.1. The molecule has 0 saturated carbocycles. The van der Waals surface area contributed by atoms with Gasteiger partial charge < -0.3 is 20.1 Å². The van der Waals surface area contributed by atoms with Gasteiger partial charge >= 0.3 is 0 Å². The molecule has 2 heterocycles. The van der Waals surface area contributed by atoms with E-state index in [1.54, 1.807) is 0 Å². The van der Waals surface area contributed by atoms with E-state index >= 15 is 0 Å². The summed E-state index contributed by atoms with van der Waals surface area (Å²) in [5, 5.41) is 7.02. The van der Waals surface area contributed by atoms with E-state index in [1.807, 2.05) is 13.1 Å². The van der Waals surface area contributed by atoms with Gasteiger partial charge in [0.1, 0.15) is 0 Å². The molecule has 0 bridgehead atoms. The van der Waals surface area contributed by atoms with Gasteiger partial charge in [-0.15, -0.1) is 0 Å². The first-order valence-electron chi connectivity index (χ1n) is 11.2. The molecule has 0 spiro atoms. The van der Waals surface area contributed by atoms with E-state index in [9.17, 15) is 0 Å². The van der Waals surface area contributed by atoms with Gasteiger partial charge in [0, 0.05) is 45.5 Å². The summed E-state index contributed by atoms with van der Waals surface area (Å²) in [4.78, 5) is 7.09. The minimum Gasteiger partial charge on any atom is -0.381 e. The van der Waals surface area contributed by atoms with Crippen LogP contribution in [0.15, 0.2) is 35.3 Å². The first kappa shape index (κ1) is 22.1. The number of likely N-dealkylation sites (tertiary alicyclic amines) is 1. The van der Waals surface area contributed by atoms with Crippen molar-refractivity contribution in [1.82, 2.24) is 15.5 Å². The Morgan fingerprint density at radius 1 is 1.17 bits per heavy atom. The zero-order valence-electron chi connectivity index (χ0n) is 18.2. The molecule has 0 aromatic heterocycles. The van der Waals surface area contributed by atoms with E-state index in [0.717, 1.165) is 58.1 Å². The minimum atomic E-state index is 0.127. The van der Waals surface area contributed by atoms with Crippen LogP contribution >= 0.6 is 0 Å². The molecule has 6 heteroatoms. The number of benzene rings is 1. The summed E-state index contributed by atoms with van der Waals surface area (Å²) in [7, 11) is 1.84. The Kier molecular flexibility index (Phi) is 8.77. The number of nitrogens with one attached hydrogen (secondary N) is 2. The highest BCUT2D eigenvalue weighted by Gasteiger charge is 2.39. The Morgan fingerprint density at radius 3 is 2.59 bits per heavy atom. The van der Waals surface area contributed by atoms with Gasteiger partial charge in [-0.1, -0.05) is 30.3 Å². The molecular formula is C23H38N4O2. The second-order valence-electron chi connectivity index (χ2n) is 8.16. The van der Waals surface area contributed by atoms with E-state index in [1.165, 1.54) is 31.5 Å².